The van der Waals surface area contributed by atoms with E-state index in [0.717, 1.165) is 31.2 Å². The monoisotopic (exact) mass is 253 g/mol. The standard InChI is InChI=1S/C16H31NO/c1-3-13-8-10-16(18,11-9-13)12-17-15-7-5-6-14(15)4-2/h13-15,17-18H,3-12H2,1-2H3. The lowest BCUT2D eigenvalue weighted by atomic mass is 9.77. The van der Waals surface area contributed by atoms with Crippen molar-refractivity contribution in [1.82, 2.24) is 5.32 Å². The maximum atomic E-state index is 10.6. The van der Waals surface area contributed by atoms with Crippen molar-refractivity contribution in [3.63, 3.8) is 0 Å². The molecule has 2 unspecified atom stereocenters. The van der Waals surface area contributed by atoms with Crippen molar-refractivity contribution in [2.24, 2.45) is 11.8 Å². The van der Waals surface area contributed by atoms with Crippen LogP contribution in [-0.2, 0) is 0 Å². The third-order valence-electron chi connectivity index (χ3n) is 5.49. The molecule has 2 fully saturated rings. The Bertz CT molecular complexity index is 245. The van der Waals surface area contributed by atoms with Crippen molar-refractivity contribution in [3.05, 3.63) is 0 Å². The van der Waals surface area contributed by atoms with Crippen LogP contribution in [-0.4, -0.2) is 23.3 Å². The van der Waals surface area contributed by atoms with Crippen LogP contribution in [0.15, 0.2) is 0 Å². The summed E-state index contributed by atoms with van der Waals surface area (Å²) in [6.45, 7) is 5.40. The highest BCUT2D eigenvalue weighted by atomic mass is 16.3. The van der Waals surface area contributed by atoms with Crippen molar-refractivity contribution in [1.29, 1.82) is 0 Å². The van der Waals surface area contributed by atoms with Gasteiger partial charge in [-0.2, -0.15) is 0 Å². The second-order valence-corrected chi connectivity index (χ2v) is 6.66. The summed E-state index contributed by atoms with van der Waals surface area (Å²) in [6.07, 6.45) is 11.1. The first-order valence-electron chi connectivity index (χ1n) is 8.12. The van der Waals surface area contributed by atoms with Gasteiger partial charge in [-0.05, 0) is 50.4 Å². The van der Waals surface area contributed by atoms with Crippen molar-refractivity contribution < 1.29 is 5.11 Å². The first-order chi connectivity index (χ1) is 8.67. The summed E-state index contributed by atoms with van der Waals surface area (Å²) in [6, 6.07) is 0.669. The Labute approximate surface area is 113 Å². The number of hydrogen-bond acceptors (Lipinski definition) is 2. The van der Waals surface area contributed by atoms with E-state index in [4.69, 9.17) is 0 Å². The van der Waals surface area contributed by atoms with E-state index in [0.29, 0.717) is 6.04 Å². The maximum absolute atomic E-state index is 10.6. The molecule has 0 heterocycles. The van der Waals surface area contributed by atoms with Crippen molar-refractivity contribution in [2.45, 2.75) is 83.3 Å². The summed E-state index contributed by atoms with van der Waals surface area (Å²) in [5.74, 6) is 1.71. The Balaban J connectivity index is 1.75. The highest BCUT2D eigenvalue weighted by Gasteiger charge is 2.34. The van der Waals surface area contributed by atoms with Crippen LogP contribution >= 0.6 is 0 Å². The Hall–Kier alpha value is -0.0800. The molecule has 0 amide bonds. The summed E-state index contributed by atoms with van der Waals surface area (Å²) >= 11 is 0. The van der Waals surface area contributed by atoms with E-state index in [-0.39, 0.29) is 0 Å². The fourth-order valence-corrected chi connectivity index (χ4v) is 3.92. The molecule has 0 saturated heterocycles. The van der Waals surface area contributed by atoms with Gasteiger partial charge >= 0.3 is 0 Å². The Kier molecular flexibility index (Phi) is 5.08. The lowest BCUT2D eigenvalue weighted by molar-refractivity contribution is -0.0115. The van der Waals surface area contributed by atoms with Crippen LogP contribution in [0.2, 0.25) is 0 Å². The molecule has 18 heavy (non-hydrogen) atoms. The van der Waals surface area contributed by atoms with Crippen molar-refractivity contribution in [3.8, 4) is 0 Å². The molecule has 2 N–H and O–H groups in total. The first-order valence-corrected chi connectivity index (χ1v) is 8.12. The zero-order chi connectivity index (χ0) is 13.0. The van der Waals surface area contributed by atoms with E-state index < -0.39 is 5.60 Å². The molecule has 2 aliphatic carbocycles. The van der Waals surface area contributed by atoms with Gasteiger partial charge in [-0.1, -0.05) is 33.1 Å². The predicted molar refractivity (Wildman–Crippen MR) is 76.6 cm³/mol. The molecule has 0 spiro atoms. The summed E-state index contributed by atoms with van der Waals surface area (Å²) in [7, 11) is 0. The minimum absolute atomic E-state index is 0.410. The first kappa shape index (κ1) is 14.3. The third kappa shape index (κ3) is 3.48. The number of hydrogen-bond donors (Lipinski definition) is 2. The number of rotatable bonds is 5. The summed E-state index contributed by atoms with van der Waals surface area (Å²) < 4.78 is 0. The van der Waals surface area contributed by atoms with Gasteiger partial charge in [0.2, 0.25) is 0 Å². The molecule has 0 aromatic rings. The molecule has 2 atom stereocenters. The normalized spacial score (nSPS) is 41.2. The average Bonchev–Trinajstić information content (AvgIpc) is 2.85. The number of aliphatic hydroxyl groups is 1. The minimum Gasteiger partial charge on any atom is -0.389 e. The van der Waals surface area contributed by atoms with E-state index in [2.05, 4.69) is 19.2 Å². The molecule has 0 aromatic carbocycles. The quantitative estimate of drug-likeness (QED) is 0.786. The van der Waals surface area contributed by atoms with Gasteiger partial charge in [0.05, 0.1) is 5.60 Å². The molecule has 0 aromatic heterocycles. The fourth-order valence-electron chi connectivity index (χ4n) is 3.92. The third-order valence-corrected chi connectivity index (χ3v) is 5.49. The molecule has 2 nitrogen and oxygen atoms in total. The van der Waals surface area contributed by atoms with Crippen molar-refractivity contribution in [2.75, 3.05) is 6.54 Å². The summed E-state index contributed by atoms with van der Waals surface area (Å²) in [4.78, 5) is 0. The van der Waals surface area contributed by atoms with E-state index in [1.54, 1.807) is 0 Å². The summed E-state index contributed by atoms with van der Waals surface area (Å²) in [5.41, 5.74) is -0.410. The predicted octanol–water partition coefficient (Wildman–Crippen LogP) is 3.49. The van der Waals surface area contributed by atoms with Gasteiger partial charge in [0.1, 0.15) is 0 Å². The zero-order valence-corrected chi connectivity index (χ0v) is 12.3. The van der Waals surface area contributed by atoms with Gasteiger partial charge < -0.3 is 10.4 Å². The topological polar surface area (TPSA) is 32.3 Å². The molecule has 0 radical (unpaired) electrons. The highest BCUT2D eigenvalue weighted by molar-refractivity contribution is 4.90. The number of nitrogens with one attached hydrogen (secondary N) is 1. The molecular formula is C16H31NO. The van der Waals surface area contributed by atoms with Crippen LogP contribution in [0.25, 0.3) is 0 Å². The Morgan fingerprint density at radius 3 is 2.39 bits per heavy atom. The molecule has 2 rings (SSSR count). The molecule has 0 aliphatic heterocycles. The van der Waals surface area contributed by atoms with Crippen LogP contribution in [0.4, 0.5) is 0 Å². The Morgan fingerprint density at radius 2 is 1.78 bits per heavy atom. The zero-order valence-electron chi connectivity index (χ0n) is 12.3. The smallest absolute Gasteiger partial charge is 0.0771 e. The maximum Gasteiger partial charge on any atom is 0.0771 e. The fraction of sp³-hybridized carbons (Fsp3) is 1.00. The van der Waals surface area contributed by atoms with Crippen molar-refractivity contribution >= 4 is 0 Å². The largest absolute Gasteiger partial charge is 0.389 e. The molecule has 106 valence electrons. The molecule has 2 aliphatic rings. The lowest BCUT2D eigenvalue weighted by Gasteiger charge is -2.37. The average molecular weight is 253 g/mol. The SMILES string of the molecule is CCC1CCC(O)(CNC2CCCC2CC)CC1. The molecule has 2 heteroatoms. The van der Waals surface area contributed by atoms with E-state index in [9.17, 15) is 5.11 Å². The molecule has 2 saturated carbocycles. The van der Waals surface area contributed by atoms with E-state index in [1.165, 1.54) is 44.9 Å². The highest BCUT2D eigenvalue weighted by Crippen LogP contribution is 2.34. The van der Waals surface area contributed by atoms with Crippen LogP contribution in [0.3, 0.4) is 0 Å². The van der Waals surface area contributed by atoms with Gasteiger partial charge in [-0.25, -0.2) is 0 Å². The van der Waals surface area contributed by atoms with Crippen LogP contribution < -0.4 is 5.32 Å². The second-order valence-electron chi connectivity index (χ2n) is 6.66. The van der Waals surface area contributed by atoms with Crippen LogP contribution in [0.5, 0.6) is 0 Å². The van der Waals surface area contributed by atoms with E-state index >= 15 is 0 Å². The van der Waals surface area contributed by atoms with Gasteiger partial charge in [-0.3, -0.25) is 0 Å². The Morgan fingerprint density at radius 1 is 1.06 bits per heavy atom. The van der Waals surface area contributed by atoms with Gasteiger partial charge in [0.25, 0.3) is 0 Å². The summed E-state index contributed by atoms with van der Waals surface area (Å²) in [5, 5.41) is 14.3. The van der Waals surface area contributed by atoms with Gasteiger partial charge in [0, 0.05) is 12.6 Å². The second kappa shape index (κ2) is 6.38. The van der Waals surface area contributed by atoms with Crippen LogP contribution in [0.1, 0.15) is 71.6 Å². The van der Waals surface area contributed by atoms with Gasteiger partial charge in [0.15, 0.2) is 0 Å². The molecular weight excluding hydrogens is 222 g/mol. The van der Waals surface area contributed by atoms with Gasteiger partial charge in [-0.15, -0.1) is 0 Å². The van der Waals surface area contributed by atoms with E-state index in [1.807, 2.05) is 0 Å². The minimum atomic E-state index is -0.410. The lowest BCUT2D eigenvalue weighted by Crippen LogP contribution is -2.47. The van der Waals surface area contributed by atoms with Crippen LogP contribution in [0, 0.1) is 11.8 Å². The molecule has 0 bridgehead atoms.